The van der Waals surface area contributed by atoms with Gasteiger partial charge in [-0.15, -0.1) is 0 Å². The molecule has 0 fully saturated rings. The Kier molecular flexibility index (Phi) is 4.15. The molecule has 3 aromatic carbocycles. The first kappa shape index (κ1) is 16.6. The van der Waals surface area contributed by atoms with Crippen LogP contribution in [0.2, 0.25) is 10.0 Å². The van der Waals surface area contributed by atoms with E-state index in [-0.39, 0.29) is 16.4 Å². The predicted octanol–water partition coefficient (Wildman–Crippen LogP) is 5.51. The topological polar surface area (TPSA) is 59.3 Å². The number of benzene rings is 3. The van der Waals surface area contributed by atoms with Crippen LogP contribution >= 0.6 is 23.2 Å². The Morgan fingerprint density at radius 1 is 0.885 bits per heavy atom. The minimum Gasteiger partial charge on any atom is -0.456 e. The van der Waals surface area contributed by atoms with E-state index >= 15 is 0 Å². The van der Waals surface area contributed by atoms with Crippen LogP contribution in [0.5, 0.6) is 0 Å². The molecule has 0 aliphatic heterocycles. The molecule has 1 N–H and O–H groups in total. The summed E-state index contributed by atoms with van der Waals surface area (Å²) in [6, 6.07) is 16.6. The maximum absolute atomic E-state index is 12.5. The highest BCUT2D eigenvalue weighted by Gasteiger charge is 2.13. The molecule has 0 aliphatic carbocycles. The zero-order valence-corrected chi connectivity index (χ0v) is 14.8. The van der Waals surface area contributed by atoms with E-state index in [1.165, 1.54) is 6.07 Å². The maximum atomic E-state index is 12.5. The minimum atomic E-state index is -0.380. The van der Waals surface area contributed by atoms with Crippen LogP contribution in [0.4, 0.5) is 5.69 Å². The molecule has 0 atom stereocenters. The van der Waals surface area contributed by atoms with Crippen molar-refractivity contribution in [3.63, 3.8) is 0 Å². The lowest BCUT2D eigenvalue weighted by Gasteiger charge is -2.08. The number of rotatable bonds is 2. The van der Waals surface area contributed by atoms with Crippen molar-refractivity contribution in [2.24, 2.45) is 0 Å². The second-order valence-electron chi connectivity index (χ2n) is 5.72. The van der Waals surface area contributed by atoms with Gasteiger partial charge in [-0.3, -0.25) is 9.59 Å². The molecule has 1 heterocycles. The number of hydrogen-bond donors (Lipinski definition) is 1. The van der Waals surface area contributed by atoms with E-state index in [0.717, 1.165) is 0 Å². The van der Waals surface area contributed by atoms with E-state index in [9.17, 15) is 9.59 Å². The smallest absolute Gasteiger partial charge is 0.257 e. The molecule has 0 saturated heterocycles. The van der Waals surface area contributed by atoms with E-state index < -0.39 is 0 Å². The number of carbonyl (C=O) groups is 1. The van der Waals surface area contributed by atoms with E-state index in [2.05, 4.69) is 5.32 Å². The molecule has 0 radical (unpaired) electrons. The average Bonchev–Trinajstić information content (AvgIpc) is 2.61. The monoisotopic (exact) mass is 383 g/mol. The van der Waals surface area contributed by atoms with Gasteiger partial charge in [0.15, 0.2) is 0 Å². The summed E-state index contributed by atoms with van der Waals surface area (Å²) < 4.78 is 5.80. The van der Waals surface area contributed by atoms with Crippen molar-refractivity contribution in [3.05, 3.63) is 86.5 Å². The number of carbonyl (C=O) groups excluding carboxylic acids is 1. The summed E-state index contributed by atoms with van der Waals surface area (Å²) in [4.78, 5) is 25.0. The van der Waals surface area contributed by atoms with Crippen LogP contribution in [0.25, 0.3) is 21.9 Å². The maximum Gasteiger partial charge on any atom is 0.257 e. The molecule has 0 saturated carbocycles. The van der Waals surface area contributed by atoms with Crippen LogP contribution in [-0.2, 0) is 0 Å². The third kappa shape index (κ3) is 2.94. The third-order valence-electron chi connectivity index (χ3n) is 4.01. The number of amides is 1. The fourth-order valence-electron chi connectivity index (χ4n) is 2.75. The minimum absolute atomic E-state index is 0.111. The first-order valence-electron chi connectivity index (χ1n) is 7.75. The molecule has 0 spiro atoms. The molecule has 4 nitrogen and oxygen atoms in total. The third-order valence-corrected chi connectivity index (χ3v) is 4.56. The summed E-state index contributed by atoms with van der Waals surface area (Å²) in [7, 11) is 0. The van der Waals surface area contributed by atoms with Gasteiger partial charge in [-0.25, -0.2) is 0 Å². The standard InChI is InChI=1S/C20H11Cl2NO3/c21-11-5-7-13(16(22)9-11)20(25)23-12-6-8-15-18(10-12)26-17-4-2-1-3-14(17)19(15)24/h1-10H,(H,23,25). The molecule has 128 valence electrons. The molecule has 26 heavy (non-hydrogen) atoms. The average molecular weight is 384 g/mol. The normalized spacial score (nSPS) is 11.0. The SMILES string of the molecule is O=C(Nc1ccc2c(=O)c3ccccc3oc2c1)c1ccc(Cl)cc1Cl. The van der Waals surface area contributed by atoms with Gasteiger partial charge in [0.25, 0.3) is 5.91 Å². The van der Waals surface area contributed by atoms with Gasteiger partial charge in [-0.1, -0.05) is 35.3 Å². The van der Waals surface area contributed by atoms with Gasteiger partial charge in [0, 0.05) is 16.8 Å². The Bertz CT molecular complexity index is 1230. The molecule has 1 aromatic heterocycles. The first-order valence-corrected chi connectivity index (χ1v) is 8.50. The Labute approximate surface area is 158 Å². The van der Waals surface area contributed by atoms with Crippen LogP contribution in [0.15, 0.2) is 69.9 Å². The number of para-hydroxylation sites is 1. The van der Waals surface area contributed by atoms with E-state index in [1.807, 2.05) is 0 Å². The fourth-order valence-corrected chi connectivity index (χ4v) is 3.25. The molecular weight excluding hydrogens is 373 g/mol. The van der Waals surface area contributed by atoms with Crippen molar-refractivity contribution in [1.82, 2.24) is 0 Å². The molecule has 0 unspecified atom stereocenters. The zero-order valence-electron chi connectivity index (χ0n) is 13.3. The van der Waals surface area contributed by atoms with Gasteiger partial charge >= 0.3 is 0 Å². The van der Waals surface area contributed by atoms with Crippen molar-refractivity contribution in [2.45, 2.75) is 0 Å². The summed E-state index contributed by atoms with van der Waals surface area (Å²) in [5.41, 5.74) is 1.58. The molecule has 0 bridgehead atoms. The highest BCUT2D eigenvalue weighted by molar-refractivity contribution is 6.37. The predicted molar refractivity (Wildman–Crippen MR) is 104 cm³/mol. The van der Waals surface area contributed by atoms with Crippen LogP contribution in [0, 0.1) is 0 Å². The van der Waals surface area contributed by atoms with E-state index in [1.54, 1.807) is 54.6 Å². The van der Waals surface area contributed by atoms with Crippen molar-refractivity contribution < 1.29 is 9.21 Å². The second kappa shape index (κ2) is 6.48. The van der Waals surface area contributed by atoms with Gasteiger partial charge in [0.1, 0.15) is 11.2 Å². The summed E-state index contributed by atoms with van der Waals surface area (Å²) in [5.74, 6) is -0.380. The van der Waals surface area contributed by atoms with Gasteiger partial charge in [-0.2, -0.15) is 0 Å². The van der Waals surface area contributed by atoms with Crippen LogP contribution in [0.3, 0.4) is 0 Å². The summed E-state index contributed by atoms with van der Waals surface area (Å²) in [6.07, 6.45) is 0. The second-order valence-corrected chi connectivity index (χ2v) is 6.56. The van der Waals surface area contributed by atoms with Gasteiger partial charge in [-0.05, 0) is 42.5 Å². The van der Waals surface area contributed by atoms with Crippen molar-refractivity contribution in [2.75, 3.05) is 5.32 Å². The van der Waals surface area contributed by atoms with Crippen molar-refractivity contribution >= 4 is 56.7 Å². The van der Waals surface area contributed by atoms with E-state index in [4.69, 9.17) is 27.6 Å². The van der Waals surface area contributed by atoms with Crippen molar-refractivity contribution in [3.8, 4) is 0 Å². The Morgan fingerprint density at radius 2 is 1.65 bits per heavy atom. The largest absolute Gasteiger partial charge is 0.456 e. The lowest BCUT2D eigenvalue weighted by molar-refractivity contribution is 0.102. The molecule has 4 aromatic rings. The molecule has 6 heteroatoms. The molecule has 1 amide bonds. The highest BCUT2D eigenvalue weighted by atomic mass is 35.5. The van der Waals surface area contributed by atoms with Crippen LogP contribution in [0.1, 0.15) is 10.4 Å². The zero-order chi connectivity index (χ0) is 18.3. The lowest BCUT2D eigenvalue weighted by atomic mass is 10.1. The van der Waals surface area contributed by atoms with Gasteiger partial charge in [0.2, 0.25) is 5.43 Å². The summed E-state index contributed by atoms with van der Waals surface area (Å²) in [6.45, 7) is 0. The lowest BCUT2D eigenvalue weighted by Crippen LogP contribution is -2.12. The quantitative estimate of drug-likeness (QED) is 0.464. The van der Waals surface area contributed by atoms with E-state index in [0.29, 0.717) is 38.2 Å². The molecule has 0 aliphatic rings. The summed E-state index contributed by atoms with van der Waals surface area (Å²) >= 11 is 11.9. The number of anilines is 1. The van der Waals surface area contributed by atoms with Crippen LogP contribution in [-0.4, -0.2) is 5.91 Å². The number of halogens is 2. The highest BCUT2D eigenvalue weighted by Crippen LogP contribution is 2.24. The van der Waals surface area contributed by atoms with Crippen LogP contribution < -0.4 is 10.7 Å². The number of nitrogens with one attached hydrogen (secondary N) is 1. The fraction of sp³-hybridized carbons (Fsp3) is 0. The Balaban J connectivity index is 1.74. The first-order chi connectivity index (χ1) is 12.5. The molecule has 4 rings (SSSR count). The van der Waals surface area contributed by atoms with Gasteiger partial charge < -0.3 is 9.73 Å². The number of hydrogen-bond acceptors (Lipinski definition) is 3. The molecular formula is C20H11Cl2NO3. The summed E-state index contributed by atoms with van der Waals surface area (Å²) in [5, 5.41) is 4.43. The Hall–Kier alpha value is -2.82. The number of fused-ring (bicyclic) bond motifs is 2. The van der Waals surface area contributed by atoms with Crippen molar-refractivity contribution in [1.29, 1.82) is 0 Å². The van der Waals surface area contributed by atoms with Gasteiger partial charge in [0.05, 0.1) is 21.4 Å². The Morgan fingerprint density at radius 3 is 2.46 bits per heavy atom.